The molecule has 0 aromatic heterocycles. The molecule has 0 bridgehead atoms. The molecule has 0 aromatic rings. The first-order chi connectivity index (χ1) is 45.0. The van der Waals surface area contributed by atoms with Crippen LogP contribution >= 0.6 is 0 Å². The van der Waals surface area contributed by atoms with Crippen molar-refractivity contribution in [1.29, 1.82) is 0 Å². The number of aliphatic carboxylic acids is 1. The van der Waals surface area contributed by atoms with Gasteiger partial charge in [0.05, 0.1) is 52.9 Å². The van der Waals surface area contributed by atoms with E-state index in [-0.39, 0.29) is 77.8 Å². The molecule has 4 unspecified atom stereocenters. The van der Waals surface area contributed by atoms with Crippen molar-refractivity contribution >= 4 is 35.8 Å². The summed E-state index contributed by atoms with van der Waals surface area (Å²) in [6, 6.07) is 0.0240. The summed E-state index contributed by atoms with van der Waals surface area (Å²) in [5, 5.41) is 56.2. The summed E-state index contributed by atoms with van der Waals surface area (Å²) in [7, 11) is 4.22. The summed E-state index contributed by atoms with van der Waals surface area (Å²) in [6.45, 7) is 13.2. The molecule has 5 aliphatic rings. The highest BCUT2D eigenvalue weighted by molar-refractivity contribution is 5.78. The number of carbonyl (C=O) groups excluding carboxylic acids is 5. The molecule has 5 rings (SSSR count). The lowest BCUT2D eigenvalue weighted by molar-refractivity contribution is -0.192. The van der Waals surface area contributed by atoms with Crippen molar-refractivity contribution in [2.45, 2.75) is 313 Å². The van der Waals surface area contributed by atoms with E-state index in [4.69, 9.17) is 29.8 Å². The molecule has 23 heteroatoms. The van der Waals surface area contributed by atoms with Crippen LogP contribution < -0.4 is 16.4 Å². The zero-order chi connectivity index (χ0) is 71.0. The molecule has 0 aromatic carbocycles. The van der Waals surface area contributed by atoms with E-state index in [1.165, 1.54) is 21.3 Å². The highest BCUT2D eigenvalue weighted by Crippen LogP contribution is 2.45. The minimum atomic E-state index is -5.08. The second kappa shape index (κ2) is 46.7. The van der Waals surface area contributed by atoms with Crippen molar-refractivity contribution in [3.63, 3.8) is 0 Å². The molecular formula is C72H124F3N3O17. The van der Waals surface area contributed by atoms with Crippen LogP contribution in [-0.4, -0.2) is 156 Å². The number of nitrogens with two attached hydrogens (primary N) is 1. The maximum absolute atomic E-state index is 12.6. The Bertz CT molecular complexity index is 2280. The molecular weight excluding hydrogens is 1240 g/mol. The molecule has 13 atom stereocenters. The van der Waals surface area contributed by atoms with Gasteiger partial charge in [-0.2, -0.15) is 13.2 Å². The number of nitrogens with one attached hydrogen (secondary N) is 2. The Kier molecular flexibility index (Phi) is 42.6. The van der Waals surface area contributed by atoms with Crippen molar-refractivity contribution < 1.29 is 95.9 Å². The number of piperidine rings is 1. The van der Waals surface area contributed by atoms with Gasteiger partial charge >= 0.3 is 36.1 Å². The van der Waals surface area contributed by atoms with Crippen molar-refractivity contribution in [2.75, 3.05) is 34.5 Å². The average Bonchev–Trinajstić information content (AvgIpc) is 1.68. The van der Waals surface area contributed by atoms with Gasteiger partial charge < -0.3 is 65.0 Å². The Hall–Kier alpha value is -4.49. The molecule has 3 saturated carbocycles. The van der Waals surface area contributed by atoms with Crippen LogP contribution in [0.1, 0.15) is 253 Å². The quantitative estimate of drug-likeness (QED) is 0.0124. The number of carbonyl (C=O) groups is 6. The third-order valence-electron chi connectivity index (χ3n) is 19.0. The minimum absolute atomic E-state index is 0.0101. The number of ether oxygens (including phenoxy) is 6. The summed E-state index contributed by atoms with van der Waals surface area (Å²) < 4.78 is 63.4. The third-order valence-corrected chi connectivity index (χ3v) is 19.0. The summed E-state index contributed by atoms with van der Waals surface area (Å²) in [5.41, 5.74) is 4.89. The fraction of sp³-hybridized carbons (Fsp3) is 0.833. The van der Waals surface area contributed by atoms with E-state index < -0.39 is 41.5 Å². The molecule has 5 fully saturated rings. The highest BCUT2D eigenvalue weighted by Gasteiger charge is 2.49. The van der Waals surface area contributed by atoms with Gasteiger partial charge in [0.1, 0.15) is 17.1 Å². The van der Waals surface area contributed by atoms with Crippen LogP contribution in [0.4, 0.5) is 18.0 Å². The van der Waals surface area contributed by atoms with Gasteiger partial charge in [0.25, 0.3) is 0 Å². The molecule has 2 aliphatic heterocycles. The Morgan fingerprint density at radius 1 is 0.589 bits per heavy atom. The van der Waals surface area contributed by atoms with Crippen molar-refractivity contribution in [1.82, 2.24) is 10.6 Å². The number of aliphatic hydroxyl groups is 4. The third kappa shape index (κ3) is 35.2. The number of carboxylic acid groups (broad SMARTS) is 1. The molecule has 0 spiro atoms. The first-order valence-electron chi connectivity index (χ1n) is 35.6. The van der Waals surface area contributed by atoms with Crippen LogP contribution in [0.3, 0.4) is 0 Å². The lowest BCUT2D eigenvalue weighted by Gasteiger charge is -2.41. The zero-order valence-corrected chi connectivity index (χ0v) is 59.0. The van der Waals surface area contributed by atoms with Gasteiger partial charge in [-0.25, -0.2) is 9.59 Å². The summed E-state index contributed by atoms with van der Waals surface area (Å²) in [6.07, 6.45) is 33.0. The van der Waals surface area contributed by atoms with Gasteiger partial charge in [-0.1, -0.05) is 95.8 Å². The Balaban J connectivity index is 0.000000468. The number of fused-ring (bicyclic) bond motifs is 1. The molecule has 0 radical (unpaired) electrons. The molecule has 20 nitrogen and oxygen atoms in total. The fourth-order valence-electron chi connectivity index (χ4n) is 13.8. The van der Waals surface area contributed by atoms with Crippen molar-refractivity contribution in [3.05, 3.63) is 36.5 Å². The molecule has 550 valence electrons. The summed E-state index contributed by atoms with van der Waals surface area (Å²) in [5.74, 6) is -2.41. The number of amides is 1. The molecule has 3 aliphatic carbocycles. The minimum Gasteiger partial charge on any atom is -0.475 e. The number of hydrogen-bond donors (Lipinski definition) is 8. The van der Waals surface area contributed by atoms with Gasteiger partial charge in [-0.05, 0) is 185 Å². The largest absolute Gasteiger partial charge is 0.490 e. The number of alkyl carbamates (subject to hydrolysis) is 1. The van der Waals surface area contributed by atoms with E-state index in [1.807, 2.05) is 20.8 Å². The average molecular weight is 1360 g/mol. The molecule has 2 saturated heterocycles. The van der Waals surface area contributed by atoms with E-state index in [1.54, 1.807) is 0 Å². The molecule has 2 heterocycles. The standard InChI is InChI=1S/C28H49NO7.2C21H37NO4.C2HF3O2/c1-6-7-12-16-28(34-18-19-35-28)17-15-21-22(13-10-8-9-11-14-25(31)33-5)24(30)20-23(21)29-26(32)36-27(2,3)4;1-3-4-9-13-21(25)14-12-16-17(19(23)15-18(16)22-21)10-7-5-6-8-11-20(24)26-2;1-3-4-7-10-16(23)13-14-17-18(20(24)15-19(17)22)11-8-5-6-9-12-21(25)26-2;3-2(4,5)1(6)7/h8,10,21-24,30H,6-7,9,11-20H2,1-5H3,(H,29,32);5,7,16-19,22-23,25H,3-4,6,8-15H2,1-2H3;5,8,17-20,24H,3-4,6-7,9-15,22H2,1-2H3;(H,6,7)/b10-8-;7-5-;8-5-;/t21-,22-,23-,24?;16-,17?,18-,19+,21?;17-,18-,19-,20?;/m111./s1. The second-order valence-corrected chi connectivity index (χ2v) is 27.6. The lowest BCUT2D eigenvalue weighted by atomic mass is 9.80. The number of rotatable bonds is 37. The monoisotopic (exact) mass is 1360 g/mol. The van der Waals surface area contributed by atoms with Gasteiger partial charge in [0.15, 0.2) is 5.79 Å². The topological polar surface area (TPSA) is 309 Å². The van der Waals surface area contributed by atoms with Crippen molar-refractivity contribution in [2.24, 2.45) is 41.2 Å². The Labute approximate surface area is 565 Å². The van der Waals surface area contributed by atoms with Gasteiger partial charge in [-0.15, -0.1) is 0 Å². The number of methoxy groups -OCH3 is 3. The van der Waals surface area contributed by atoms with Crippen LogP contribution in [0.25, 0.3) is 0 Å². The number of Topliss-reactive ketones (excluding diaryl/α,β-unsaturated/α-hetero) is 1. The number of hydrogen-bond acceptors (Lipinski definition) is 18. The maximum atomic E-state index is 12.6. The molecule has 1 amide bonds. The highest BCUT2D eigenvalue weighted by atomic mass is 19.4. The summed E-state index contributed by atoms with van der Waals surface area (Å²) in [4.78, 5) is 66.9. The van der Waals surface area contributed by atoms with Crippen LogP contribution in [0.5, 0.6) is 0 Å². The Morgan fingerprint density at radius 3 is 1.54 bits per heavy atom. The fourth-order valence-corrected chi connectivity index (χ4v) is 13.8. The maximum Gasteiger partial charge on any atom is 0.490 e. The van der Waals surface area contributed by atoms with Crippen LogP contribution in [-0.2, 0) is 52.4 Å². The van der Waals surface area contributed by atoms with E-state index in [0.717, 1.165) is 161 Å². The predicted octanol–water partition coefficient (Wildman–Crippen LogP) is 12.7. The number of allylic oxidation sites excluding steroid dienone is 6. The molecule has 95 heavy (non-hydrogen) atoms. The van der Waals surface area contributed by atoms with Gasteiger partial charge in [0, 0.05) is 63.1 Å². The smallest absolute Gasteiger partial charge is 0.475 e. The first-order valence-corrected chi connectivity index (χ1v) is 35.6. The number of unbranched alkanes of at least 4 members (excludes halogenated alkanes) is 9. The SMILES string of the molecule is CCCCCC(=O)CC[C@H]1[C@H](N)CC(O)[C@@H]1C/C=C\CCCC(=O)OC.CCCCCC1(CC[C@H]2[C@H](NC(=O)OC(C)(C)C)CC(O)[C@@H]2C/C=C\CCCC(=O)OC)OCCO1.CCCCCC1(O)CC[C@@H]2C(C/C=C\CCCC(=O)OC)[C@@H](O)C[C@H]2N1.O=C(O)C(F)(F)F. The predicted molar refractivity (Wildman–Crippen MR) is 358 cm³/mol. The van der Waals surface area contributed by atoms with Crippen LogP contribution in [0, 0.1) is 35.5 Å². The number of ketones is 1. The van der Waals surface area contributed by atoms with E-state index in [0.29, 0.717) is 76.3 Å². The van der Waals surface area contributed by atoms with Crippen molar-refractivity contribution in [3.8, 4) is 0 Å². The lowest BCUT2D eigenvalue weighted by Crippen LogP contribution is -2.56. The number of alkyl halides is 3. The van der Waals surface area contributed by atoms with E-state index >= 15 is 0 Å². The first kappa shape index (κ1) is 86.6. The second-order valence-electron chi connectivity index (χ2n) is 27.6. The van der Waals surface area contributed by atoms with Crippen LogP contribution in [0.15, 0.2) is 36.5 Å². The summed E-state index contributed by atoms with van der Waals surface area (Å²) >= 11 is 0. The normalized spacial score (nSPS) is 27.0. The Morgan fingerprint density at radius 2 is 1.05 bits per heavy atom. The van der Waals surface area contributed by atoms with Crippen LogP contribution in [0.2, 0.25) is 0 Å². The number of halogens is 3. The number of esters is 3. The number of carboxylic acids is 1. The zero-order valence-electron chi connectivity index (χ0n) is 59.0. The van der Waals surface area contributed by atoms with Gasteiger partial charge in [-0.3, -0.25) is 24.5 Å². The van der Waals surface area contributed by atoms with E-state index in [9.17, 15) is 57.6 Å². The van der Waals surface area contributed by atoms with E-state index in [2.05, 4.69) is 82.1 Å². The van der Waals surface area contributed by atoms with Gasteiger partial charge in [0.2, 0.25) is 0 Å². The molecule has 9 N–H and O–H groups in total. The number of aliphatic hydroxyl groups excluding tert-OH is 3.